The minimum absolute atomic E-state index is 0.172. The molecule has 1 fully saturated rings. The fraction of sp³-hybridized carbons (Fsp3) is 0.361. The Labute approximate surface area is 290 Å². The van der Waals surface area contributed by atoms with Crippen LogP contribution in [0.3, 0.4) is 0 Å². The van der Waals surface area contributed by atoms with Gasteiger partial charge in [0.2, 0.25) is 0 Å². The van der Waals surface area contributed by atoms with Crippen molar-refractivity contribution < 1.29 is 29.2 Å². The summed E-state index contributed by atoms with van der Waals surface area (Å²) < 4.78 is 18.4. The van der Waals surface area contributed by atoms with Crippen LogP contribution in [0.25, 0.3) is 5.65 Å². The van der Waals surface area contributed by atoms with Gasteiger partial charge in [0.25, 0.3) is 0 Å². The minimum atomic E-state index is -1.15. The van der Waals surface area contributed by atoms with Crippen molar-refractivity contribution in [3.05, 3.63) is 95.6 Å². The Kier molecular flexibility index (Phi) is 10.8. The van der Waals surface area contributed by atoms with Crippen LogP contribution < -0.4 is 24.0 Å². The summed E-state index contributed by atoms with van der Waals surface area (Å²) >= 11 is 0. The number of fused-ring (bicyclic) bond motifs is 1. The van der Waals surface area contributed by atoms with Crippen molar-refractivity contribution in [1.82, 2.24) is 29.5 Å². The molecule has 14 heteroatoms. The van der Waals surface area contributed by atoms with Gasteiger partial charge < -0.3 is 39.1 Å². The van der Waals surface area contributed by atoms with Gasteiger partial charge in [-0.3, -0.25) is 4.98 Å². The number of hydrogen-bond acceptors (Lipinski definition) is 11. The molecular weight excluding hydrogens is 640 g/mol. The van der Waals surface area contributed by atoms with Crippen molar-refractivity contribution >= 4 is 23.2 Å². The van der Waals surface area contributed by atoms with Gasteiger partial charge in [0.1, 0.15) is 17.6 Å². The van der Waals surface area contributed by atoms with E-state index in [-0.39, 0.29) is 6.01 Å². The summed E-state index contributed by atoms with van der Waals surface area (Å²) in [6.07, 6.45) is 3.01. The zero-order valence-electron chi connectivity index (χ0n) is 28.5. The lowest BCUT2D eigenvalue weighted by molar-refractivity contribution is 0.142. The Morgan fingerprint density at radius 1 is 0.880 bits per heavy atom. The largest absolute Gasteiger partial charge is 0.497 e. The van der Waals surface area contributed by atoms with Crippen LogP contribution in [-0.2, 0) is 13.1 Å². The molecule has 5 aromatic rings. The molecule has 14 nitrogen and oxygen atoms in total. The Hall–Kier alpha value is -5.63. The molecule has 6 rings (SSSR count). The van der Waals surface area contributed by atoms with E-state index in [0.717, 1.165) is 41.2 Å². The number of ether oxygens (including phenoxy) is 3. The fourth-order valence-corrected chi connectivity index (χ4v) is 5.79. The number of carbonyl (C=O) groups is 1. The number of pyridine rings is 1. The third-order valence-electron chi connectivity index (χ3n) is 8.69. The standard InChI is InChI=1S/C36H42N8O6/c1-4-5-20-50-35-39-34(43(23-25-6-11-28(48-2)12-7-25)24-26-8-13-29(49-3)14-9-26)33-38-22-31(44(33)40-35)32(45)30-15-10-27(21-37-30)41-16-18-42(19-17-41)36(46)47/h6-15,21-22,32,45H,4-5,16-20,23-24H2,1-3H3,(H,46,47). The predicted molar refractivity (Wildman–Crippen MR) is 187 cm³/mol. The van der Waals surface area contributed by atoms with Gasteiger partial charge in [-0.15, -0.1) is 5.10 Å². The summed E-state index contributed by atoms with van der Waals surface area (Å²) in [6, 6.07) is 19.6. The van der Waals surface area contributed by atoms with Gasteiger partial charge in [-0.1, -0.05) is 37.6 Å². The van der Waals surface area contributed by atoms with Gasteiger partial charge in [0, 0.05) is 39.3 Å². The van der Waals surface area contributed by atoms with Crippen LogP contribution in [0.1, 0.15) is 48.4 Å². The molecule has 1 aliphatic heterocycles. The van der Waals surface area contributed by atoms with Crippen LogP contribution in [0.2, 0.25) is 0 Å². The number of aliphatic hydroxyl groups excluding tert-OH is 1. The Balaban J connectivity index is 1.34. The fourth-order valence-electron chi connectivity index (χ4n) is 5.79. The molecule has 2 aromatic carbocycles. The highest BCUT2D eigenvalue weighted by molar-refractivity contribution is 5.66. The molecule has 0 aliphatic carbocycles. The maximum absolute atomic E-state index is 11.6. The second-order valence-electron chi connectivity index (χ2n) is 12.0. The molecule has 1 atom stereocenters. The molecule has 1 amide bonds. The van der Waals surface area contributed by atoms with Crippen LogP contribution in [0.4, 0.5) is 16.3 Å². The number of methoxy groups -OCH3 is 2. The molecular formula is C36H42N8O6. The molecule has 2 N–H and O–H groups in total. The number of benzene rings is 2. The summed E-state index contributed by atoms with van der Waals surface area (Å²) in [5.41, 5.74) is 4.20. The number of imidazole rings is 1. The van der Waals surface area contributed by atoms with E-state index in [1.54, 1.807) is 37.2 Å². The van der Waals surface area contributed by atoms with Gasteiger partial charge in [0.05, 0.1) is 50.3 Å². The average Bonchev–Trinajstić information content (AvgIpc) is 3.59. The quantitative estimate of drug-likeness (QED) is 0.155. The lowest BCUT2D eigenvalue weighted by Gasteiger charge is -2.34. The molecule has 1 saturated heterocycles. The number of aromatic nitrogens is 5. The summed E-state index contributed by atoms with van der Waals surface area (Å²) in [7, 11) is 3.28. The van der Waals surface area contributed by atoms with Crippen molar-refractivity contribution in [1.29, 1.82) is 0 Å². The van der Waals surface area contributed by atoms with Gasteiger partial charge in [-0.25, -0.2) is 14.3 Å². The van der Waals surface area contributed by atoms with Gasteiger partial charge in [0.15, 0.2) is 11.5 Å². The van der Waals surface area contributed by atoms with Crippen LogP contribution in [-0.4, -0.2) is 92.8 Å². The SMILES string of the molecule is CCCCOc1nc(N(Cc2ccc(OC)cc2)Cc2ccc(OC)cc2)c2ncc(C(O)c3ccc(N4CCN(C(=O)O)CC4)cn3)n2n1. The van der Waals surface area contributed by atoms with E-state index in [1.165, 1.54) is 4.90 Å². The molecule has 1 unspecified atom stereocenters. The molecule has 50 heavy (non-hydrogen) atoms. The zero-order chi connectivity index (χ0) is 35.0. The molecule has 0 spiro atoms. The lowest BCUT2D eigenvalue weighted by atomic mass is 10.1. The number of hydrogen-bond donors (Lipinski definition) is 2. The van der Waals surface area contributed by atoms with Crippen LogP contribution in [0.15, 0.2) is 73.1 Å². The number of aliphatic hydroxyl groups is 1. The van der Waals surface area contributed by atoms with E-state index in [1.807, 2.05) is 54.6 Å². The second kappa shape index (κ2) is 15.7. The third kappa shape index (κ3) is 7.81. The Bertz CT molecular complexity index is 1810. The van der Waals surface area contributed by atoms with Crippen molar-refractivity contribution in [3.63, 3.8) is 0 Å². The normalized spacial score (nSPS) is 13.7. The Morgan fingerprint density at radius 3 is 2.06 bits per heavy atom. The van der Waals surface area contributed by atoms with E-state index in [4.69, 9.17) is 24.2 Å². The van der Waals surface area contributed by atoms with E-state index < -0.39 is 12.2 Å². The van der Waals surface area contributed by atoms with Crippen LogP contribution in [0.5, 0.6) is 17.5 Å². The number of rotatable bonds is 14. The lowest BCUT2D eigenvalue weighted by Crippen LogP contribution is -2.48. The smallest absolute Gasteiger partial charge is 0.407 e. The highest BCUT2D eigenvalue weighted by Gasteiger charge is 2.25. The first kappa shape index (κ1) is 34.2. The monoisotopic (exact) mass is 682 g/mol. The number of amides is 1. The summed E-state index contributed by atoms with van der Waals surface area (Å²) in [5, 5.41) is 25.6. The van der Waals surface area contributed by atoms with Crippen LogP contribution in [0, 0.1) is 0 Å². The molecule has 0 bridgehead atoms. The third-order valence-corrected chi connectivity index (χ3v) is 8.69. The molecule has 0 radical (unpaired) electrons. The van der Waals surface area contributed by atoms with Crippen molar-refractivity contribution in [2.45, 2.75) is 39.0 Å². The van der Waals surface area contributed by atoms with Gasteiger partial charge in [-0.2, -0.15) is 4.98 Å². The van der Waals surface area contributed by atoms with E-state index in [9.17, 15) is 15.0 Å². The summed E-state index contributed by atoms with van der Waals surface area (Å²) in [6.45, 7) is 5.47. The number of nitrogens with zero attached hydrogens (tertiary/aromatic N) is 8. The number of piperazine rings is 1. The first-order valence-corrected chi connectivity index (χ1v) is 16.6. The molecule has 262 valence electrons. The minimum Gasteiger partial charge on any atom is -0.497 e. The highest BCUT2D eigenvalue weighted by Crippen LogP contribution is 2.30. The predicted octanol–water partition coefficient (Wildman–Crippen LogP) is 4.80. The van der Waals surface area contributed by atoms with Crippen molar-refractivity contribution in [2.24, 2.45) is 0 Å². The second-order valence-corrected chi connectivity index (χ2v) is 12.0. The molecule has 3 aromatic heterocycles. The maximum Gasteiger partial charge on any atom is 0.407 e. The highest BCUT2D eigenvalue weighted by atomic mass is 16.5. The van der Waals surface area contributed by atoms with E-state index in [0.29, 0.717) is 68.7 Å². The van der Waals surface area contributed by atoms with Gasteiger partial charge >= 0.3 is 12.1 Å². The number of anilines is 2. The van der Waals surface area contributed by atoms with Crippen molar-refractivity contribution in [2.75, 3.05) is 56.8 Å². The van der Waals surface area contributed by atoms with E-state index >= 15 is 0 Å². The first-order valence-electron chi connectivity index (χ1n) is 16.6. The summed E-state index contributed by atoms with van der Waals surface area (Å²) in [5.74, 6) is 2.07. The molecule has 1 aliphatic rings. The number of carboxylic acid groups (broad SMARTS) is 1. The maximum atomic E-state index is 11.6. The molecule has 4 heterocycles. The zero-order valence-corrected chi connectivity index (χ0v) is 28.5. The summed E-state index contributed by atoms with van der Waals surface area (Å²) in [4.78, 5) is 31.1. The average molecular weight is 683 g/mol. The Morgan fingerprint density at radius 2 is 1.52 bits per heavy atom. The first-order chi connectivity index (χ1) is 24.4. The topological polar surface area (TPSA) is 151 Å². The van der Waals surface area contributed by atoms with Crippen molar-refractivity contribution in [3.8, 4) is 17.5 Å². The molecule has 0 saturated carbocycles. The van der Waals surface area contributed by atoms with Gasteiger partial charge in [-0.05, 0) is 53.9 Å². The number of unbranched alkanes of at least 4 members (excludes halogenated alkanes) is 1. The van der Waals surface area contributed by atoms with Crippen LogP contribution >= 0.6 is 0 Å². The van der Waals surface area contributed by atoms with E-state index in [2.05, 4.69) is 26.8 Å².